The van der Waals surface area contributed by atoms with E-state index in [4.69, 9.17) is 0 Å². The van der Waals surface area contributed by atoms with Crippen LogP contribution in [0.4, 0.5) is 0 Å². The van der Waals surface area contributed by atoms with Crippen LogP contribution < -0.4 is 0 Å². The molecule has 12 heavy (non-hydrogen) atoms. The van der Waals surface area contributed by atoms with Crippen LogP contribution in [0.2, 0.25) is 0 Å². The number of hydrogen-bond donors (Lipinski definition) is 1. The first-order valence-electron chi connectivity index (χ1n) is 3.94. The van der Waals surface area contributed by atoms with Gasteiger partial charge in [0.1, 0.15) is 0 Å². The maximum Gasteiger partial charge on any atom is 0.0932 e. The third kappa shape index (κ3) is 1.39. The molecule has 1 aliphatic rings. The number of aliphatic hydroxyl groups excluding tert-OH is 1. The molecule has 2 heteroatoms. The van der Waals surface area contributed by atoms with Crippen molar-refractivity contribution >= 4 is 22.0 Å². The summed E-state index contributed by atoms with van der Waals surface area (Å²) in [6, 6.07) is 6.13. The van der Waals surface area contributed by atoms with E-state index in [2.05, 4.69) is 22.0 Å². The molecular formula is C10H9BrO. The third-order valence-electron chi connectivity index (χ3n) is 2.08. The molecule has 0 bridgehead atoms. The Kier molecular flexibility index (Phi) is 1.93. The summed E-state index contributed by atoms with van der Waals surface area (Å²) in [6.45, 7) is 0. The van der Waals surface area contributed by atoms with Crippen molar-refractivity contribution in [2.75, 3.05) is 0 Å². The minimum Gasteiger partial charge on any atom is -0.512 e. The van der Waals surface area contributed by atoms with Crippen molar-refractivity contribution in [2.24, 2.45) is 0 Å². The molecule has 0 fully saturated rings. The molecule has 0 spiro atoms. The number of aryl methyl sites for hydroxylation is 1. The zero-order valence-electron chi connectivity index (χ0n) is 6.55. The first-order valence-corrected chi connectivity index (χ1v) is 4.73. The first kappa shape index (κ1) is 7.87. The number of benzene rings is 1. The minimum absolute atomic E-state index is 0.491. The number of hydrogen-bond acceptors (Lipinski definition) is 1. The molecule has 62 valence electrons. The highest BCUT2D eigenvalue weighted by molar-refractivity contribution is 9.10. The lowest BCUT2D eigenvalue weighted by Gasteiger charge is -2.12. The van der Waals surface area contributed by atoms with E-state index in [0.29, 0.717) is 5.76 Å². The van der Waals surface area contributed by atoms with Crippen LogP contribution >= 0.6 is 15.9 Å². The lowest BCUT2D eigenvalue weighted by Crippen LogP contribution is -1.98. The van der Waals surface area contributed by atoms with Gasteiger partial charge < -0.3 is 5.11 Å². The number of allylic oxidation sites excluding steroid dienone is 1. The summed E-state index contributed by atoms with van der Waals surface area (Å²) in [5, 5.41) is 9.27. The summed E-state index contributed by atoms with van der Waals surface area (Å²) in [7, 11) is 0. The average Bonchev–Trinajstić information content (AvgIpc) is 2.05. The Morgan fingerprint density at radius 2 is 2.08 bits per heavy atom. The van der Waals surface area contributed by atoms with Crippen molar-refractivity contribution in [1.29, 1.82) is 0 Å². The fourth-order valence-corrected chi connectivity index (χ4v) is 1.85. The predicted octanol–water partition coefficient (Wildman–Crippen LogP) is 3.29. The molecule has 0 saturated heterocycles. The van der Waals surface area contributed by atoms with E-state index in [1.54, 1.807) is 0 Å². The minimum atomic E-state index is 0.491. The maximum atomic E-state index is 9.27. The van der Waals surface area contributed by atoms with E-state index < -0.39 is 0 Å². The summed E-state index contributed by atoms with van der Waals surface area (Å²) < 4.78 is 1.11. The standard InChI is InChI=1S/C10H9BrO/c11-9-3-1-8-6-10(12)4-2-7(8)5-9/h1,3,5-6,12H,2,4H2. The topological polar surface area (TPSA) is 20.2 Å². The molecule has 0 radical (unpaired) electrons. The van der Waals surface area contributed by atoms with Crippen molar-refractivity contribution in [3.8, 4) is 0 Å². The Hall–Kier alpha value is -0.760. The second kappa shape index (κ2) is 2.94. The molecule has 0 aliphatic heterocycles. The zero-order valence-corrected chi connectivity index (χ0v) is 8.13. The van der Waals surface area contributed by atoms with Gasteiger partial charge in [0.05, 0.1) is 5.76 Å². The van der Waals surface area contributed by atoms with Crippen molar-refractivity contribution in [3.05, 3.63) is 39.6 Å². The predicted molar refractivity (Wildman–Crippen MR) is 53.1 cm³/mol. The molecule has 0 aromatic heterocycles. The van der Waals surface area contributed by atoms with Gasteiger partial charge in [0.25, 0.3) is 0 Å². The number of aliphatic hydroxyl groups is 1. The molecule has 0 heterocycles. The Balaban J connectivity index is 2.51. The van der Waals surface area contributed by atoms with E-state index in [1.807, 2.05) is 18.2 Å². The lowest BCUT2D eigenvalue weighted by atomic mass is 9.97. The fourth-order valence-electron chi connectivity index (χ4n) is 1.45. The third-order valence-corrected chi connectivity index (χ3v) is 2.57. The highest BCUT2D eigenvalue weighted by Crippen LogP contribution is 2.25. The maximum absolute atomic E-state index is 9.27. The number of fused-ring (bicyclic) bond motifs is 1. The summed E-state index contributed by atoms with van der Waals surface area (Å²) in [6.07, 6.45) is 3.55. The van der Waals surface area contributed by atoms with Crippen LogP contribution in [0.25, 0.3) is 6.08 Å². The molecule has 0 atom stereocenters. The number of halogens is 1. The van der Waals surface area contributed by atoms with Crippen LogP contribution in [-0.2, 0) is 6.42 Å². The molecule has 1 N–H and O–H groups in total. The summed E-state index contributed by atoms with van der Waals surface area (Å²) in [4.78, 5) is 0. The van der Waals surface area contributed by atoms with Crippen LogP contribution in [0.5, 0.6) is 0 Å². The highest BCUT2D eigenvalue weighted by Gasteiger charge is 2.08. The molecule has 0 unspecified atom stereocenters. The van der Waals surface area contributed by atoms with Crippen LogP contribution in [-0.4, -0.2) is 5.11 Å². The summed E-state index contributed by atoms with van der Waals surface area (Å²) in [5.74, 6) is 0.491. The van der Waals surface area contributed by atoms with E-state index in [1.165, 1.54) is 5.56 Å². The van der Waals surface area contributed by atoms with Gasteiger partial charge in [-0.15, -0.1) is 0 Å². The zero-order chi connectivity index (χ0) is 8.55. The Morgan fingerprint density at radius 3 is 2.92 bits per heavy atom. The smallest absolute Gasteiger partial charge is 0.0932 e. The molecule has 1 aromatic rings. The second-order valence-corrected chi connectivity index (χ2v) is 3.89. The monoisotopic (exact) mass is 224 g/mol. The van der Waals surface area contributed by atoms with Crippen LogP contribution in [0.1, 0.15) is 17.5 Å². The van der Waals surface area contributed by atoms with Gasteiger partial charge in [-0.05, 0) is 35.8 Å². The average molecular weight is 225 g/mol. The van der Waals surface area contributed by atoms with E-state index in [-0.39, 0.29) is 0 Å². The van der Waals surface area contributed by atoms with Crippen molar-refractivity contribution in [3.63, 3.8) is 0 Å². The van der Waals surface area contributed by atoms with E-state index in [9.17, 15) is 5.11 Å². The molecule has 0 saturated carbocycles. The van der Waals surface area contributed by atoms with Crippen molar-refractivity contribution in [1.82, 2.24) is 0 Å². The number of rotatable bonds is 0. The van der Waals surface area contributed by atoms with Gasteiger partial charge in [0.2, 0.25) is 0 Å². The van der Waals surface area contributed by atoms with E-state index >= 15 is 0 Å². The van der Waals surface area contributed by atoms with Crippen molar-refractivity contribution < 1.29 is 5.11 Å². The van der Waals surface area contributed by atoms with Gasteiger partial charge in [0.15, 0.2) is 0 Å². The molecule has 2 rings (SSSR count). The van der Waals surface area contributed by atoms with E-state index in [0.717, 1.165) is 22.9 Å². The second-order valence-electron chi connectivity index (χ2n) is 2.98. The van der Waals surface area contributed by atoms with Gasteiger partial charge in [-0.3, -0.25) is 0 Å². The molecular weight excluding hydrogens is 216 g/mol. The van der Waals surface area contributed by atoms with Gasteiger partial charge in [0, 0.05) is 10.9 Å². The van der Waals surface area contributed by atoms with Crippen LogP contribution in [0.3, 0.4) is 0 Å². The normalized spacial score (nSPS) is 15.2. The largest absolute Gasteiger partial charge is 0.512 e. The summed E-state index contributed by atoms with van der Waals surface area (Å²) in [5.41, 5.74) is 2.45. The Labute approximate surface area is 79.9 Å². The van der Waals surface area contributed by atoms with Gasteiger partial charge in [-0.2, -0.15) is 0 Å². The summed E-state index contributed by atoms with van der Waals surface area (Å²) >= 11 is 3.42. The highest BCUT2D eigenvalue weighted by atomic mass is 79.9. The lowest BCUT2D eigenvalue weighted by molar-refractivity contribution is 0.391. The van der Waals surface area contributed by atoms with Crippen molar-refractivity contribution in [2.45, 2.75) is 12.8 Å². The Bertz CT molecular complexity index is 342. The van der Waals surface area contributed by atoms with Gasteiger partial charge in [-0.25, -0.2) is 0 Å². The molecule has 1 nitrogen and oxygen atoms in total. The first-order chi connectivity index (χ1) is 5.75. The SMILES string of the molecule is OC1=Cc2ccc(Br)cc2CC1. The van der Waals surface area contributed by atoms with Crippen LogP contribution in [0, 0.1) is 0 Å². The van der Waals surface area contributed by atoms with Gasteiger partial charge >= 0.3 is 0 Å². The molecule has 1 aliphatic carbocycles. The van der Waals surface area contributed by atoms with Gasteiger partial charge in [-0.1, -0.05) is 22.0 Å². The quantitative estimate of drug-likeness (QED) is 0.718. The van der Waals surface area contributed by atoms with Crippen LogP contribution in [0.15, 0.2) is 28.4 Å². The fraction of sp³-hybridized carbons (Fsp3) is 0.200. The Morgan fingerprint density at radius 1 is 1.25 bits per heavy atom. The molecule has 0 amide bonds. The molecule has 1 aromatic carbocycles.